The van der Waals surface area contributed by atoms with Crippen LogP contribution in [0.15, 0.2) is 18.2 Å². The topological polar surface area (TPSA) is 55.1 Å². The third-order valence-electron chi connectivity index (χ3n) is 2.25. The van der Waals surface area contributed by atoms with Gasteiger partial charge >= 0.3 is 0 Å². The van der Waals surface area contributed by atoms with Crippen LogP contribution in [-0.2, 0) is 4.79 Å². The molecule has 94 valence electrons. The Hall–Kier alpha value is -1.13. The highest BCUT2D eigenvalue weighted by molar-refractivity contribution is 6.33. The molecule has 1 rings (SSSR count). The van der Waals surface area contributed by atoms with E-state index in [9.17, 15) is 9.18 Å². The number of rotatable bonds is 4. The Bertz CT molecular complexity index is 409. The third-order valence-corrected chi connectivity index (χ3v) is 2.58. The molecule has 0 aliphatic rings. The Balaban J connectivity index is 2.70. The van der Waals surface area contributed by atoms with Crippen molar-refractivity contribution in [2.24, 2.45) is 11.7 Å². The van der Waals surface area contributed by atoms with Gasteiger partial charge in [0.15, 0.2) is 0 Å². The molecule has 0 heterocycles. The molecular formula is C12H16ClFN2O. The Labute approximate surface area is 105 Å². The lowest BCUT2D eigenvalue weighted by atomic mass is 10.0. The van der Waals surface area contributed by atoms with E-state index in [1.807, 2.05) is 13.8 Å². The van der Waals surface area contributed by atoms with E-state index in [0.29, 0.717) is 12.3 Å². The van der Waals surface area contributed by atoms with Crippen molar-refractivity contribution in [2.75, 3.05) is 5.32 Å². The zero-order valence-electron chi connectivity index (χ0n) is 9.84. The van der Waals surface area contributed by atoms with Crippen molar-refractivity contribution in [1.82, 2.24) is 0 Å². The molecule has 0 spiro atoms. The summed E-state index contributed by atoms with van der Waals surface area (Å²) in [4.78, 5) is 11.7. The van der Waals surface area contributed by atoms with Gasteiger partial charge in [-0.3, -0.25) is 4.79 Å². The Kier molecular flexibility index (Phi) is 4.90. The molecule has 1 aromatic carbocycles. The molecule has 1 aromatic rings. The van der Waals surface area contributed by atoms with E-state index in [4.69, 9.17) is 17.3 Å². The molecule has 0 saturated heterocycles. The van der Waals surface area contributed by atoms with Gasteiger partial charge in [-0.05, 0) is 30.5 Å². The van der Waals surface area contributed by atoms with E-state index in [0.717, 1.165) is 0 Å². The van der Waals surface area contributed by atoms with E-state index < -0.39 is 11.9 Å². The van der Waals surface area contributed by atoms with Crippen molar-refractivity contribution in [3.05, 3.63) is 29.0 Å². The molecule has 0 fully saturated rings. The highest BCUT2D eigenvalue weighted by atomic mass is 35.5. The molecule has 0 aliphatic heterocycles. The van der Waals surface area contributed by atoms with Gasteiger partial charge in [-0.1, -0.05) is 25.4 Å². The molecule has 0 radical (unpaired) electrons. The van der Waals surface area contributed by atoms with Gasteiger partial charge in [-0.25, -0.2) is 4.39 Å². The smallest absolute Gasteiger partial charge is 0.241 e. The summed E-state index contributed by atoms with van der Waals surface area (Å²) in [6.45, 7) is 3.95. The van der Waals surface area contributed by atoms with Crippen LogP contribution in [-0.4, -0.2) is 11.9 Å². The fourth-order valence-electron chi connectivity index (χ4n) is 1.43. The fourth-order valence-corrected chi connectivity index (χ4v) is 1.60. The van der Waals surface area contributed by atoms with Crippen LogP contribution in [0.1, 0.15) is 20.3 Å². The second-order valence-electron chi connectivity index (χ2n) is 4.35. The zero-order chi connectivity index (χ0) is 13.0. The van der Waals surface area contributed by atoms with E-state index in [-0.39, 0.29) is 16.6 Å². The number of anilines is 1. The summed E-state index contributed by atoms with van der Waals surface area (Å²) < 4.78 is 13.0. The molecule has 1 unspecified atom stereocenters. The maximum atomic E-state index is 13.0. The van der Waals surface area contributed by atoms with Crippen LogP contribution in [0.2, 0.25) is 5.02 Å². The minimum Gasteiger partial charge on any atom is -0.323 e. The molecule has 1 atom stereocenters. The lowest BCUT2D eigenvalue weighted by Gasteiger charge is -2.14. The standard InChI is InChI=1S/C12H16ClFN2O/c1-7(2)5-10(15)12(17)16-11-6-8(14)3-4-9(11)13/h3-4,6-7,10H,5,15H2,1-2H3,(H,16,17). The average Bonchev–Trinajstić information content (AvgIpc) is 2.22. The first-order valence-electron chi connectivity index (χ1n) is 5.41. The molecule has 17 heavy (non-hydrogen) atoms. The van der Waals surface area contributed by atoms with E-state index >= 15 is 0 Å². The molecule has 0 aromatic heterocycles. The van der Waals surface area contributed by atoms with Crippen molar-refractivity contribution < 1.29 is 9.18 Å². The fraction of sp³-hybridized carbons (Fsp3) is 0.417. The minimum absolute atomic E-state index is 0.246. The number of nitrogens with two attached hydrogens (primary N) is 1. The third kappa shape index (κ3) is 4.32. The van der Waals surface area contributed by atoms with E-state index in [1.54, 1.807) is 0 Å². The maximum Gasteiger partial charge on any atom is 0.241 e. The van der Waals surface area contributed by atoms with Gasteiger partial charge in [0.05, 0.1) is 16.8 Å². The van der Waals surface area contributed by atoms with Gasteiger partial charge in [-0.15, -0.1) is 0 Å². The quantitative estimate of drug-likeness (QED) is 0.873. The summed E-state index contributed by atoms with van der Waals surface area (Å²) in [7, 11) is 0. The van der Waals surface area contributed by atoms with Gasteiger partial charge in [-0.2, -0.15) is 0 Å². The summed E-state index contributed by atoms with van der Waals surface area (Å²) in [5.74, 6) is -0.493. The number of amides is 1. The normalized spacial score (nSPS) is 12.6. The molecule has 0 aliphatic carbocycles. The largest absolute Gasteiger partial charge is 0.323 e. The summed E-state index contributed by atoms with van der Waals surface area (Å²) >= 11 is 5.83. The van der Waals surface area contributed by atoms with Crippen molar-refractivity contribution in [2.45, 2.75) is 26.3 Å². The van der Waals surface area contributed by atoms with E-state index in [2.05, 4.69) is 5.32 Å². The number of hydrogen-bond donors (Lipinski definition) is 2. The summed E-state index contributed by atoms with van der Waals surface area (Å²) in [6.07, 6.45) is 0.568. The lowest BCUT2D eigenvalue weighted by molar-refractivity contribution is -0.117. The van der Waals surface area contributed by atoms with Crippen LogP contribution in [0.5, 0.6) is 0 Å². The molecule has 3 N–H and O–H groups in total. The molecule has 3 nitrogen and oxygen atoms in total. The number of hydrogen-bond acceptors (Lipinski definition) is 2. The summed E-state index contributed by atoms with van der Waals surface area (Å²) in [5.41, 5.74) is 5.95. The Morgan fingerprint density at radius 3 is 2.76 bits per heavy atom. The predicted molar refractivity (Wildman–Crippen MR) is 67.5 cm³/mol. The Morgan fingerprint density at radius 1 is 1.53 bits per heavy atom. The molecule has 1 amide bonds. The SMILES string of the molecule is CC(C)CC(N)C(=O)Nc1cc(F)ccc1Cl. The van der Waals surface area contributed by atoms with Crippen LogP contribution in [0.4, 0.5) is 10.1 Å². The van der Waals surface area contributed by atoms with Crippen LogP contribution in [0.25, 0.3) is 0 Å². The molecule has 0 bridgehead atoms. The molecular weight excluding hydrogens is 243 g/mol. The predicted octanol–water partition coefficient (Wildman–Crippen LogP) is 2.79. The first-order valence-corrected chi connectivity index (χ1v) is 5.79. The minimum atomic E-state index is -0.616. The second-order valence-corrected chi connectivity index (χ2v) is 4.76. The number of carbonyl (C=O) groups excluding carboxylic acids is 1. The van der Waals surface area contributed by atoms with Crippen LogP contribution in [0, 0.1) is 11.7 Å². The number of benzene rings is 1. The van der Waals surface area contributed by atoms with Gasteiger partial charge in [0, 0.05) is 0 Å². The highest BCUT2D eigenvalue weighted by Gasteiger charge is 2.16. The van der Waals surface area contributed by atoms with Crippen molar-refractivity contribution >= 4 is 23.2 Å². The summed E-state index contributed by atoms with van der Waals surface area (Å²) in [5, 5.41) is 2.81. The van der Waals surface area contributed by atoms with Gasteiger partial charge in [0.25, 0.3) is 0 Å². The maximum absolute atomic E-state index is 13.0. The number of carbonyl (C=O) groups is 1. The van der Waals surface area contributed by atoms with Gasteiger partial charge in [0.2, 0.25) is 5.91 Å². The Morgan fingerprint density at radius 2 is 2.18 bits per heavy atom. The zero-order valence-corrected chi connectivity index (χ0v) is 10.6. The van der Waals surface area contributed by atoms with Crippen LogP contribution < -0.4 is 11.1 Å². The average molecular weight is 259 g/mol. The van der Waals surface area contributed by atoms with Gasteiger partial charge in [0.1, 0.15) is 5.82 Å². The first-order chi connectivity index (χ1) is 7.90. The molecule has 5 heteroatoms. The monoisotopic (exact) mass is 258 g/mol. The van der Waals surface area contributed by atoms with E-state index in [1.165, 1.54) is 18.2 Å². The first kappa shape index (κ1) is 13.9. The highest BCUT2D eigenvalue weighted by Crippen LogP contribution is 2.22. The lowest BCUT2D eigenvalue weighted by Crippen LogP contribution is -2.36. The second kappa shape index (κ2) is 5.98. The number of nitrogens with one attached hydrogen (secondary N) is 1. The molecule has 0 saturated carbocycles. The van der Waals surface area contributed by atoms with Crippen LogP contribution in [0.3, 0.4) is 0 Å². The van der Waals surface area contributed by atoms with Crippen molar-refractivity contribution in [1.29, 1.82) is 0 Å². The summed E-state index contributed by atoms with van der Waals surface area (Å²) in [6, 6.07) is 3.17. The number of halogens is 2. The van der Waals surface area contributed by atoms with Gasteiger partial charge < -0.3 is 11.1 Å². The van der Waals surface area contributed by atoms with Crippen molar-refractivity contribution in [3.8, 4) is 0 Å². The van der Waals surface area contributed by atoms with Crippen LogP contribution >= 0.6 is 11.6 Å². The van der Waals surface area contributed by atoms with Crippen molar-refractivity contribution in [3.63, 3.8) is 0 Å².